The van der Waals surface area contributed by atoms with Gasteiger partial charge >= 0.3 is 0 Å². The summed E-state index contributed by atoms with van der Waals surface area (Å²) in [6.45, 7) is 5.97. The first-order valence-corrected chi connectivity index (χ1v) is 7.01. The number of piperidine rings is 1. The zero-order valence-electron chi connectivity index (χ0n) is 10.3. The van der Waals surface area contributed by atoms with Gasteiger partial charge in [0.1, 0.15) is 5.01 Å². The van der Waals surface area contributed by atoms with Crippen LogP contribution in [-0.2, 0) is 11.3 Å². The number of hydrogen-bond donors (Lipinski definition) is 1. The zero-order chi connectivity index (χ0) is 12.1. The fourth-order valence-electron chi connectivity index (χ4n) is 2.10. The summed E-state index contributed by atoms with van der Waals surface area (Å²) < 4.78 is 5.81. The Kier molecular flexibility index (Phi) is 4.70. The first-order valence-electron chi connectivity index (χ1n) is 6.19. The molecule has 0 spiro atoms. The number of nitrogen functional groups attached to an aromatic ring is 1. The largest absolute Gasteiger partial charge is 0.377 e. The molecule has 1 fully saturated rings. The van der Waals surface area contributed by atoms with E-state index in [-0.39, 0.29) is 0 Å². The SMILES string of the molecule is CCCOC1CCCN(Cc2nnc(N)s2)C1. The molecule has 0 radical (unpaired) electrons. The fraction of sp³-hybridized carbons (Fsp3) is 0.818. The molecule has 2 heterocycles. The number of hydrogen-bond acceptors (Lipinski definition) is 6. The lowest BCUT2D eigenvalue weighted by Crippen LogP contribution is -2.39. The van der Waals surface area contributed by atoms with Crippen molar-refractivity contribution >= 4 is 16.5 Å². The van der Waals surface area contributed by atoms with Gasteiger partial charge in [-0.15, -0.1) is 10.2 Å². The molecule has 0 amide bonds. The summed E-state index contributed by atoms with van der Waals surface area (Å²) in [7, 11) is 0. The number of nitrogens with two attached hydrogens (primary N) is 1. The number of aromatic nitrogens is 2. The number of rotatable bonds is 5. The summed E-state index contributed by atoms with van der Waals surface area (Å²) in [4.78, 5) is 2.38. The van der Waals surface area contributed by atoms with Gasteiger partial charge in [-0.1, -0.05) is 18.3 Å². The minimum atomic E-state index is 0.383. The lowest BCUT2D eigenvalue weighted by molar-refractivity contribution is -0.00228. The Morgan fingerprint density at radius 3 is 3.12 bits per heavy atom. The molecule has 1 aromatic rings. The Labute approximate surface area is 106 Å². The quantitative estimate of drug-likeness (QED) is 0.865. The highest BCUT2D eigenvalue weighted by Crippen LogP contribution is 2.18. The second-order valence-corrected chi connectivity index (χ2v) is 5.50. The zero-order valence-corrected chi connectivity index (χ0v) is 11.1. The summed E-state index contributed by atoms with van der Waals surface area (Å²) in [5.41, 5.74) is 5.58. The van der Waals surface area contributed by atoms with Crippen LogP contribution in [0.3, 0.4) is 0 Å². The highest BCUT2D eigenvalue weighted by molar-refractivity contribution is 7.15. The van der Waals surface area contributed by atoms with Gasteiger partial charge in [0.15, 0.2) is 0 Å². The summed E-state index contributed by atoms with van der Waals surface area (Å²) in [6, 6.07) is 0. The Morgan fingerprint density at radius 2 is 2.41 bits per heavy atom. The minimum absolute atomic E-state index is 0.383. The van der Waals surface area contributed by atoms with E-state index in [2.05, 4.69) is 22.0 Å². The van der Waals surface area contributed by atoms with Crippen LogP contribution in [0.25, 0.3) is 0 Å². The van der Waals surface area contributed by atoms with Crippen LogP contribution in [0.5, 0.6) is 0 Å². The molecule has 96 valence electrons. The van der Waals surface area contributed by atoms with Crippen molar-refractivity contribution in [3.05, 3.63) is 5.01 Å². The second kappa shape index (κ2) is 6.28. The first-order chi connectivity index (χ1) is 8.28. The molecule has 0 aliphatic carbocycles. The highest BCUT2D eigenvalue weighted by Gasteiger charge is 2.21. The maximum Gasteiger partial charge on any atom is 0.203 e. The third kappa shape index (κ3) is 3.90. The van der Waals surface area contributed by atoms with E-state index in [1.165, 1.54) is 24.2 Å². The number of ether oxygens (including phenoxy) is 1. The molecular formula is C11H20N4OS. The Morgan fingerprint density at radius 1 is 1.53 bits per heavy atom. The topological polar surface area (TPSA) is 64.3 Å². The standard InChI is InChI=1S/C11H20N4OS/c1-2-6-16-9-4-3-5-15(7-9)8-10-13-14-11(12)17-10/h9H,2-8H2,1H3,(H2,12,14). The van der Waals surface area contributed by atoms with Crippen molar-refractivity contribution < 1.29 is 4.74 Å². The van der Waals surface area contributed by atoms with Crippen LogP contribution in [0, 0.1) is 0 Å². The van der Waals surface area contributed by atoms with Gasteiger partial charge in [0, 0.05) is 13.2 Å². The Hall–Kier alpha value is -0.720. The molecule has 17 heavy (non-hydrogen) atoms. The van der Waals surface area contributed by atoms with Gasteiger partial charge in [-0.05, 0) is 25.8 Å². The van der Waals surface area contributed by atoms with Gasteiger partial charge in [0.2, 0.25) is 5.13 Å². The molecule has 2 N–H and O–H groups in total. The molecule has 1 saturated heterocycles. The van der Waals surface area contributed by atoms with Crippen LogP contribution in [0.1, 0.15) is 31.2 Å². The van der Waals surface area contributed by atoms with Crippen molar-refractivity contribution in [2.24, 2.45) is 0 Å². The molecular weight excluding hydrogens is 236 g/mol. The highest BCUT2D eigenvalue weighted by atomic mass is 32.1. The van der Waals surface area contributed by atoms with E-state index in [0.717, 1.165) is 37.7 Å². The summed E-state index contributed by atoms with van der Waals surface area (Å²) in [5, 5.41) is 9.45. The normalized spacial score (nSPS) is 21.8. The van der Waals surface area contributed by atoms with Gasteiger partial charge in [0.05, 0.1) is 12.6 Å². The fourth-order valence-corrected chi connectivity index (χ4v) is 2.75. The van der Waals surface area contributed by atoms with Crippen LogP contribution in [0.2, 0.25) is 0 Å². The predicted molar refractivity (Wildman–Crippen MR) is 68.9 cm³/mol. The van der Waals surface area contributed by atoms with E-state index in [1.54, 1.807) is 0 Å². The van der Waals surface area contributed by atoms with Crippen molar-refractivity contribution in [2.75, 3.05) is 25.4 Å². The molecule has 5 nitrogen and oxygen atoms in total. The van der Waals surface area contributed by atoms with Gasteiger partial charge < -0.3 is 10.5 Å². The van der Waals surface area contributed by atoms with Crippen LogP contribution in [0.4, 0.5) is 5.13 Å². The van der Waals surface area contributed by atoms with Crippen molar-refractivity contribution in [2.45, 2.75) is 38.8 Å². The second-order valence-electron chi connectivity index (χ2n) is 4.40. The molecule has 1 aromatic heterocycles. The molecule has 1 atom stereocenters. The lowest BCUT2D eigenvalue weighted by Gasteiger charge is -2.31. The van der Waals surface area contributed by atoms with Gasteiger partial charge in [-0.25, -0.2) is 0 Å². The van der Waals surface area contributed by atoms with E-state index in [0.29, 0.717) is 11.2 Å². The maximum absolute atomic E-state index is 5.81. The van der Waals surface area contributed by atoms with Crippen molar-refractivity contribution in [1.29, 1.82) is 0 Å². The van der Waals surface area contributed by atoms with Gasteiger partial charge in [-0.3, -0.25) is 4.90 Å². The molecule has 1 unspecified atom stereocenters. The number of nitrogens with zero attached hydrogens (tertiary/aromatic N) is 3. The monoisotopic (exact) mass is 256 g/mol. The van der Waals surface area contributed by atoms with Gasteiger partial charge in [-0.2, -0.15) is 0 Å². The molecule has 0 aromatic carbocycles. The Balaban J connectivity index is 1.80. The molecule has 6 heteroatoms. The van der Waals surface area contributed by atoms with Crippen molar-refractivity contribution in [3.8, 4) is 0 Å². The molecule has 1 aliphatic rings. The van der Waals surface area contributed by atoms with Crippen LogP contribution in [0.15, 0.2) is 0 Å². The third-order valence-electron chi connectivity index (χ3n) is 2.86. The summed E-state index contributed by atoms with van der Waals surface area (Å²) >= 11 is 1.47. The average Bonchev–Trinajstić information content (AvgIpc) is 2.73. The van der Waals surface area contributed by atoms with Crippen LogP contribution < -0.4 is 5.73 Å². The lowest BCUT2D eigenvalue weighted by atomic mass is 10.1. The van der Waals surface area contributed by atoms with Gasteiger partial charge in [0.25, 0.3) is 0 Å². The summed E-state index contributed by atoms with van der Waals surface area (Å²) in [5.74, 6) is 0. The van der Waals surface area contributed by atoms with Crippen LogP contribution in [-0.4, -0.2) is 40.9 Å². The van der Waals surface area contributed by atoms with E-state index in [4.69, 9.17) is 10.5 Å². The number of likely N-dealkylation sites (tertiary alicyclic amines) is 1. The van der Waals surface area contributed by atoms with Crippen LogP contribution >= 0.6 is 11.3 Å². The molecule has 0 bridgehead atoms. The smallest absolute Gasteiger partial charge is 0.203 e. The maximum atomic E-state index is 5.81. The summed E-state index contributed by atoms with van der Waals surface area (Å²) in [6.07, 6.45) is 3.84. The molecule has 0 saturated carbocycles. The van der Waals surface area contributed by atoms with Crippen molar-refractivity contribution in [3.63, 3.8) is 0 Å². The Bertz CT molecular complexity index is 344. The predicted octanol–water partition coefficient (Wildman–Crippen LogP) is 1.51. The van der Waals surface area contributed by atoms with E-state index in [9.17, 15) is 0 Å². The minimum Gasteiger partial charge on any atom is -0.377 e. The van der Waals surface area contributed by atoms with E-state index < -0.39 is 0 Å². The first kappa shape index (κ1) is 12.7. The third-order valence-corrected chi connectivity index (χ3v) is 3.60. The van der Waals surface area contributed by atoms with E-state index >= 15 is 0 Å². The molecule has 1 aliphatic heterocycles. The average molecular weight is 256 g/mol. The molecule has 2 rings (SSSR count). The van der Waals surface area contributed by atoms with Crippen molar-refractivity contribution in [1.82, 2.24) is 15.1 Å². The number of anilines is 1. The van der Waals surface area contributed by atoms with E-state index in [1.807, 2.05) is 0 Å².